The van der Waals surface area contributed by atoms with Gasteiger partial charge in [-0.15, -0.1) is 0 Å². The molecule has 2 aromatic rings. The lowest BCUT2D eigenvalue weighted by molar-refractivity contribution is -0.384. The third-order valence-corrected chi connectivity index (χ3v) is 3.09. The zero-order valence-corrected chi connectivity index (χ0v) is 11.2. The first-order chi connectivity index (χ1) is 10.2. The lowest BCUT2D eigenvalue weighted by Crippen LogP contribution is -2.19. The van der Waals surface area contributed by atoms with E-state index in [4.69, 9.17) is 4.74 Å². The van der Waals surface area contributed by atoms with Crippen molar-refractivity contribution in [1.82, 2.24) is 5.32 Å². The number of aliphatic imine (C=N–C) groups is 1. The van der Waals surface area contributed by atoms with Crippen LogP contribution in [0.5, 0.6) is 11.5 Å². The summed E-state index contributed by atoms with van der Waals surface area (Å²) in [4.78, 5) is 14.6. The highest BCUT2D eigenvalue weighted by Crippen LogP contribution is 2.27. The highest BCUT2D eigenvalue weighted by atomic mass is 16.6. The molecule has 0 spiro atoms. The van der Waals surface area contributed by atoms with Crippen LogP contribution in [0.2, 0.25) is 0 Å². The van der Waals surface area contributed by atoms with Gasteiger partial charge in [-0.05, 0) is 24.3 Å². The Kier molecular flexibility index (Phi) is 3.51. The third-order valence-electron chi connectivity index (χ3n) is 3.09. The molecule has 2 aromatic carbocycles. The molecule has 6 nitrogen and oxygen atoms in total. The van der Waals surface area contributed by atoms with Crippen LogP contribution in [0.15, 0.2) is 53.5 Å². The molecular formula is C15H13N3O3. The van der Waals surface area contributed by atoms with Crippen LogP contribution in [0.1, 0.15) is 5.56 Å². The third kappa shape index (κ3) is 2.84. The fraction of sp³-hybridized carbons (Fsp3) is 0.133. The van der Waals surface area contributed by atoms with Crippen molar-refractivity contribution in [1.29, 1.82) is 0 Å². The van der Waals surface area contributed by atoms with Gasteiger partial charge in [0.25, 0.3) is 5.69 Å². The fourth-order valence-electron chi connectivity index (χ4n) is 2.09. The van der Waals surface area contributed by atoms with Crippen LogP contribution >= 0.6 is 0 Å². The molecule has 1 aliphatic rings. The second-order valence-corrected chi connectivity index (χ2v) is 4.51. The molecule has 0 amide bonds. The highest BCUT2D eigenvalue weighted by Gasteiger charge is 2.14. The quantitative estimate of drug-likeness (QED) is 0.691. The lowest BCUT2D eigenvalue weighted by atomic mass is 10.2. The summed E-state index contributed by atoms with van der Waals surface area (Å²) in [6.45, 7) is 1.57. The zero-order valence-electron chi connectivity index (χ0n) is 11.2. The number of nitro groups is 1. The van der Waals surface area contributed by atoms with E-state index in [0.717, 1.165) is 24.5 Å². The molecule has 0 saturated carbocycles. The Balaban J connectivity index is 1.86. The minimum absolute atomic E-state index is 0.0393. The summed E-state index contributed by atoms with van der Waals surface area (Å²) in [5, 5.41) is 13.8. The monoisotopic (exact) mass is 283 g/mol. The molecule has 0 saturated heterocycles. The van der Waals surface area contributed by atoms with Crippen molar-refractivity contribution in [2.75, 3.05) is 13.1 Å². The number of rotatable bonds is 4. The van der Waals surface area contributed by atoms with E-state index < -0.39 is 4.92 Å². The van der Waals surface area contributed by atoms with Gasteiger partial charge in [0.05, 0.1) is 17.0 Å². The van der Waals surface area contributed by atoms with Crippen LogP contribution in [-0.4, -0.2) is 23.8 Å². The molecule has 0 bridgehead atoms. The van der Waals surface area contributed by atoms with Crippen molar-refractivity contribution in [2.45, 2.75) is 0 Å². The smallest absolute Gasteiger partial charge is 0.269 e. The number of benzene rings is 2. The molecule has 0 aliphatic carbocycles. The molecule has 6 heteroatoms. The minimum Gasteiger partial charge on any atom is -0.457 e. The summed E-state index contributed by atoms with van der Waals surface area (Å²) in [7, 11) is 0. The second-order valence-electron chi connectivity index (χ2n) is 4.51. The Hall–Kier alpha value is -2.89. The van der Waals surface area contributed by atoms with E-state index >= 15 is 0 Å². The van der Waals surface area contributed by atoms with Gasteiger partial charge in [0.15, 0.2) is 0 Å². The maximum atomic E-state index is 10.6. The molecule has 21 heavy (non-hydrogen) atoms. The number of hydrogen-bond acceptors (Lipinski definition) is 5. The maximum absolute atomic E-state index is 10.6. The predicted molar refractivity (Wildman–Crippen MR) is 79.0 cm³/mol. The zero-order chi connectivity index (χ0) is 14.7. The van der Waals surface area contributed by atoms with Crippen LogP contribution in [0.4, 0.5) is 5.69 Å². The van der Waals surface area contributed by atoms with Gasteiger partial charge in [0.2, 0.25) is 0 Å². The van der Waals surface area contributed by atoms with Crippen LogP contribution in [0.25, 0.3) is 0 Å². The number of hydrogen-bond donors (Lipinski definition) is 1. The first kappa shape index (κ1) is 13.1. The molecule has 1 aliphatic heterocycles. The van der Waals surface area contributed by atoms with Crippen molar-refractivity contribution < 1.29 is 9.66 Å². The Morgan fingerprint density at radius 1 is 1.14 bits per heavy atom. The lowest BCUT2D eigenvalue weighted by Gasteiger charge is -2.11. The average Bonchev–Trinajstić information content (AvgIpc) is 3.02. The van der Waals surface area contributed by atoms with Crippen molar-refractivity contribution in [2.24, 2.45) is 4.99 Å². The highest BCUT2D eigenvalue weighted by molar-refractivity contribution is 6.02. The summed E-state index contributed by atoms with van der Waals surface area (Å²) < 4.78 is 5.81. The largest absolute Gasteiger partial charge is 0.457 e. The first-order valence-electron chi connectivity index (χ1n) is 6.54. The molecular weight excluding hydrogens is 270 g/mol. The summed E-state index contributed by atoms with van der Waals surface area (Å²) >= 11 is 0. The number of amidine groups is 1. The van der Waals surface area contributed by atoms with Gasteiger partial charge in [-0.25, -0.2) is 0 Å². The van der Waals surface area contributed by atoms with E-state index in [1.54, 1.807) is 12.1 Å². The molecule has 0 atom stereocenters. The summed E-state index contributed by atoms with van der Waals surface area (Å²) in [6.07, 6.45) is 0. The maximum Gasteiger partial charge on any atom is 0.269 e. The number of para-hydroxylation sites is 1. The van der Waals surface area contributed by atoms with E-state index in [-0.39, 0.29) is 5.69 Å². The van der Waals surface area contributed by atoms with Crippen LogP contribution < -0.4 is 10.1 Å². The van der Waals surface area contributed by atoms with E-state index in [2.05, 4.69) is 10.3 Å². The molecule has 0 aromatic heterocycles. The molecule has 0 unspecified atom stereocenters. The molecule has 0 radical (unpaired) electrons. The van der Waals surface area contributed by atoms with Crippen LogP contribution in [0.3, 0.4) is 0 Å². The Labute approximate surface area is 121 Å². The van der Waals surface area contributed by atoms with Crippen molar-refractivity contribution in [3.05, 3.63) is 64.2 Å². The Bertz CT molecular complexity index is 696. The van der Waals surface area contributed by atoms with Crippen LogP contribution in [-0.2, 0) is 0 Å². The molecule has 106 valence electrons. The molecule has 3 rings (SSSR count). The van der Waals surface area contributed by atoms with E-state index in [0.29, 0.717) is 11.5 Å². The minimum atomic E-state index is -0.436. The Morgan fingerprint density at radius 3 is 2.57 bits per heavy atom. The summed E-state index contributed by atoms with van der Waals surface area (Å²) in [5.41, 5.74) is 0.922. The summed E-state index contributed by atoms with van der Waals surface area (Å²) in [5.74, 6) is 2.03. The SMILES string of the molecule is O=[N+]([O-])c1ccc(Oc2ccccc2C2=NCCN2)cc1. The summed E-state index contributed by atoms with van der Waals surface area (Å²) in [6, 6.07) is 13.6. The van der Waals surface area contributed by atoms with Gasteiger partial charge in [0.1, 0.15) is 17.3 Å². The van der Waals surface area contributed by atoms with Gasteiger partial charge in [-0.2, -0.15) is 0 Å². The van der Waals surface area contributed by atoms with Gasteiger partial charge in [-0.3, -0.25) is 15.1 Å². The van der Waals surface area contributed by atoms with Gasteiger partial charge < -0.3 is 10.1 Å². The number of non-ortho nitro benzene ring substituents is 1. The van der Waals surface area contributed by atoms with E-state index in [1.807, 2.05) is 24.3 Å². The molecule has 0 fully saturated rings. The number of nitrogens with one attached hydrogen (secondary N) is 1. The average molecular weight is 283 g/mol. The first-order valence-corrected chi connectivity index (χ1v) is 6.54. The number of nitro benzene ring substituents is 1. The molecule has 1 heterocycles. The van der Waals surface area contributed by atoms with Gasteiger partial charge in [-0.1, -0.05) is 12.1 Å². The van der Waals surface area contributed by atoms with Crippen molar-refractivity contribution in [3.8, 4) is 11.5 Å². The normalized spacial score (nSPS) is 13.4. The van der Waals surface area contributed by atoms with Crippen molar-refractivity contribution in [3.63, 3.8) is 0 Å². The standard InChI is InChI=1S/C15H13N3O3/c19-18(20)11-5-7-12(8-6-11)21-14-4-2-1-3-13(14)15-16-9-10-17-15/h1-8H,9-10H2,(H,16,17). The predicted octanol–water partition coefficient (Wildman–Crippen LogP) is 2.74. The van der Waals surface area contributed by atoms with Gasteiger partial charge in [0, 0.05) is 18.7 Å². The topological polar surface area (TPSA) is 76.8 Å². The number of nitrogens with zero attached hydrogens (tertiary/aromatic N) is 2. The number of ether oxygens (including phenoxy) is 1. The van der Waals surface area contributed by atoms with E-state index in [1.165, 1.54) is 12.1 Å². The molecule has 1 N–H and O–H groups in total. The van der Waals surface area contributed by atoms with Gasteiger partial charge >= 0.3 is 0 Å². The second kappa shape index (κ2) is 5.62. The van der Waals surface area contributed by atoms with Crippen molar-refractivity contribution >= 4 is 11.5 Å². The Morgan fingerprint density at radius 2 is 1.90 bits per heavy atom. The fourth-order valence-corrected chi connectivity index (χ4v) is 2.09. The van der Waals surface area contributed by atoms with E-state index in [9.17, 15) is 10.1 Å². The van der Waals surface area contributed by atoms with Crippen LogP contribution in [0, 0.1) is 10.1 Å².